The first-order chi connectivity index (χ1) is 12.8. The Balaban J connectivity index is 1.74. The Morgan fingerprint density at radius 3 is 2.38 bits per heavy atom. The molecule has 5 nitrogen and oxygen atoms in total. The molecule has 1 fully saturated rings. The van der Waals surface area contributed by atoms with Gasteiger partial charge in [0.1, 0.15) is 5.65 Å². The maximum absolute atomic E-state index is 5.53. The Morgan fingerprint density at radius 1 is 0.923 bits per heavy atom. The van der Waals surface area contributed by atoms with Gasteiger partial charge in [-0.2, -0.15) is 5.10 Å². The fourth-order valence-electron chi connectivity index (χ4n) is 3.95. The lowest BCUT2D eigenvalue weighted by atomic mass is 10.1. The van der Waals surface area contributed by atoms with Crippen molar-refractivity contribution in [2.45, 2.75) is 6.54 Å². The smallest absolute Gasteiger partial charge is 0.141 e. The lowest BCUT2D eigenvalue weighted by molar-refractivity contribution is 0.0344. The summed E-state index contributed by atoms with van der Waals surface area (Å²) in [5.74, 6) is 0. The summed E-state index contributed by atoms with van der Waals surface area (Å²) >= 11 is 0. The minimum Gasteiger partial charge on any atom is -0.379 e. The molecule has 1 aliphatic rings. The number of imidazole rings is 1. The molecule has 0 aliphatic carbocycles. The standard InChI is InChI=1S/C21H22N4O/c1-23-18-9-5-6-10-19(18)25-21(23)17(15-24-11-13-26-14-12-24)20(22-25)16-7-3-2-4-8-16/h2-10H,11-15H2,1H3. The van der Waals surface area contributed by atoms with Gasteiger partial charge in [0.25, 0.3) is 0 Å². The predicted octanol–water partition coefficient (Wildman–Crippen LogP) is 3.33. The van der Waals surface area contributed by atoms with Gasteiger partial charge in [0, 0.05) is 37.8 Å². The molecule has 0 spiro atoms. The van der Waals surface area contributed by atoms with Crippen molar-refractivity contribution in [3.63, 3.8) is 0 Å². The Bertz CT molecular complexity index is 1060. The van der Waals surface area contributed by atoms with Gasteiger partial charge in [0.15, 0.2) is 0 Å². The minimum atomic E-state index is 0.806. The summed E-state index contributed by atoms with van der Waals surface area (Å²) < 4.78 is 9.90. The van der Waals surface area contributed by atoms with E-state index in [1.165, 1.54) is 22.3 Å². The molecule has 0 unspecified atom stereocenters. The van der Waals surface area contributed by atoms with Gasteiger partial charge >= 0.3 is 0 Å². The molecule has 5 rings (SSSR count). The normalized spacial score (nSPS) is 15.9. The first-order valence-electron chi connectivity index (χ1n) is 9.13. The maximum atomic E-state index is 5.53. The third-order valence-corrected chi connectivity index (χ3v) is 5.28. The molecule has 2 aromatic heterocycles. The Morgan fingerprint density at radius 2 is 1.62 bits per heavy atom. The third-order valence-electron chi connectivity index (χ3n) is 5.28. The second-order valence-corrected chi connectivity index (χ2v) is 6.86. The summed E-state index contributed by atoms with van der Waals surface area (Å²) in [4.78, 5) is 2.46. The van der Waals surface area contributed by atoms with Crippen molar-refractivity contribution < 1.29 is 4.74 Å². The summed E-state index contributed by atoms with van der Waals surface area (Å²) in [7, 11) is 2.14. The summed E-state index contributed by atoms with van der Waals surface area (Å²) in [6, 6.07) is 19.0. The molecule has 26 heavy (non-hydrogen) atoms. The molecule has 132 valence electrons. The number of ether oxygens (including phenoxy) is 1. The van der Waals surface area contributed by atoms with Crippen LogP contribution in [-0.2, 0) is 18.3 Å². The second kappa shape index (κ2) is 6.27. The molecular weight excluding hydrogens is 324 g/mol. The summed E-state index contributed by atoms with van der Waals surface area (Å²) in [5.41, 5.74) is 7.07. The number of para-hydroxylation sites is 2. The van der Waals surface area contributed by atoms with Crippen molar-refractivity contribution in [3.05, 3.63) is 60.2 Å². The molecule has 1 aliphatic heterocycles. The van der Waals surface area contributed by atoms with Gasteiger partial charge in [-0.05, 0) is 12.1 Å². The van der Waals surface area contributed by atoms with Crippen molar-refractivity contribution >= 4 is 16.7 Å². The van der Waals surface area contributed by atoms with Crippen LogP contribution in [0.2, 0.25) is 0 Å². The Kier molecular flexibility index (Phi) is 3.76. The van der Waals surface area contributed by atoms with Crippen LogP contribution in [0.4, 0.5) is 0 Å². The van der Waals surface area contributed by atoms with Gasteiger partial charge in [-0.1, -0.05) is 42.5 Å². The number of aromatic nitrogens is 3. The number of benzene rings is 2. The van der Waals surface area contributed by atoms with Gasteiger partial charge in [0.05, 0.1) is 29.9 Å². The van der Waals surface area contributed by atoms with Crippen LogP contribution in [0.25, 0.3) is 27.9 Å². The second-order valence-electron chi connectivity index (χ2n) is 6.86. The fourth-order valence-corrected chi connectivity index (χ4v) is 3.95. The number of hydrogen-bond acceptors (Lipinski definition) is 3. The number of nitrogens with zero attached hydrogens (tertiary/aromatic N) is 4. The zero-order chi connectivity index (χ0) is 17.5. The number of morpholine rings is 1. The molecule has 0 saturated carbocycles. The van der Waals surface area contributed by atoms with E-state index in [0.29, 0.717) is 0 Å². The average Bonchev–Trinajstić information content (AvgIpc) is 3.20. The lowest BCUT2D eigenvalue weighted by Crippen LogP contribution is -2.35. The van der Waals surface area contributed by atoms with Crippen molar-refractivity contribution in [2.75, 3.05) is 26.3 Å². The molecule has 0 amide bonds. The Labute approximate surface area is 152 Å². The number of rotatable bonds is 3. The predicted molar refractivity (Wildman–Crippen MR) is 103 cm³/mol. The quantitative estimate of drug-likeness (QED) is 0.571. The molecule has 5 heteroatoms. The number of aryl methyl sites for hydroxylation is 1. The molecule has 0 N–H and O–H groups in total. The van der Waals surface area contributed by atoms with Crippen molar-refractivity contribution in [3.8, 4) is 11.3 Å². The monoisotopic (exact) mass is 346 g/mol. The van der Waals surface area contributed by atoms with E-state index in [4.69, 9.17) is 9.84 Å². The van der Waals surface area contributed by atoms with Crippen molar-refractivity contribution in [2.24, 2.45) is 7.05 Å². The zero-order valence-electron chi connectivity index (χ0n) is 14.9. The van der Waals surface area contributed by atoms with Crippen molar-refractivity contribution in [1.82, 2.24) is 19.1 Å². The van der Waals surface area contributed by atoms with Crippen LogP contribution >= 0.6 is 0 Å². The van der Waals surface area contributed by atoms with Crippen molar-refractivity contribution in [1.29, 1.82) is 0 Å². The maximum Gasteiger partial charge on any atom is 0.141 e. The molecule has 0 radical (unpaired) electrons. The zero-order valence-corrected chi connectivity index (χ0v) is 14.9. The third kappa shape index (κ3) is 2.43. The van der Waals surface area contributed by atoms with E-state index in [1.54, 1.807) is 0 Å². The van der Waals surface area contributed by atoms with Crippen LogP contribution in [0.5, 0.6) is 0 Å². The molecule has 2 aromatic carbocycles. The lowest BCUT2D eigenvalue weighted by Gasteiger charge is -2.26. The fraction of sp³-hybridized carbons (Fsp3) is 0.286. The highest BCUT2D eigenvalue weighted by molar-refractivity contribution is 5.85. The summed E-state index contributed by atoms with van der Waals surface area (Å²) in [5, 5.41) is 5.04. The van der Waals surface area contributed by atoms with E-state index in [1.807, 2.05) is 0 Å². The van der Waals surface area contributed by atoms with E-state index in [0.717, 1.165) is 44.1 Å². The number of hydrogen-bond donors (Lipinski definition) is 0. The minimum absolute atomic E-state index is 0.806. The van der Waals surface area contributed by atoms with Crippen LogP contribution in [0.3, 0.4) is 0 Å². The van der Waals surface area contributed by atoms with Crippen LogP contribution in [0.1, 0.15) is 5.56 Å². The van der Waals surface area contributed by atoms with Gasteiger partial charge < -0.3 is 9.30 Å². The van der Waals surface area contributed by atoms with E-state index in [-0.39, 0.29) is 0 Å². The highest BCUT2D eigenvalue weighted by atomic mass is 16.5. The van der Waals surface area contributed by atoms with Crippen LogP contribution in [0, 0.1) is 0 Å². The molecular formula is C21H22N4O. The number of fused-ring (bicyclic) bond motifs is 3. The summed E-state index contributed by atoms with van der Waals surface area (Å²) in [6.45, 7) is 4.44. The van der Waals surface area contributed by atoms with E-state index >= 15 is 0 Å². The van der Waals surface area contributed by atoms with Gasteiger partial charge in [-0.3, -0.25) is 4.90 Å². The first-order valence-corrected chi connectivity index (χ1v) is 9.13. The Hall–Kier alpha value is -2.63. The highest BCUT2D eigenvalue weighted by Crippen LogP contribution is 2.31. The topological polar surface area (TPSA) is 34.7 Å². The van der Waals surface area contributed by atoms with Crippen LogP contribution in [0.15, 0.2) is 54.6 Å². The molecule has 0 atom stereocenters. The molecule has 1 saturated heterocycles. The molecule has 3 heterocycles. The van der Waals surface area contributed by atoms with Gasteiger partial charge in [-0.25, -0.2) is 4.52 Å². The molecule has 0 bridgehead atoms. The van der Waals surface area contributed by atoms with E-state index < -0.39 is 0 Å². The average molecular weight is 346 g/mol. The van der Waals surface area contributed by atoms with Crippen LogP contribution in [-0.4, -0.2) is 45.4 Å². The van der Waals surface area contributed by atoms with Gasteiger partial charge in [0.2, 0.25) is 0 Å². The largest absolute Gasteiger partial charge is 0.379 e. The van der Waals surface area contributed by atoms with E-state index in [2.05, 4.69) is 75.6 Å². The van der Waals surface area contributed by atoms with E-state index in [9.17, 15) is 0 Å². The summed E-state index contributed by atoms with van der Waals surface area (Å²) in [6.07, 6.45) is 0. The molecule has 4 aromatic rings. The SMILES string of the molecule is Cn1c2ccccc2n2nc(-c3ccccc3)c(CN3CCOCC3)c12. The van der Waals surface area contributed by atoms with Gasteiger partial charge in [-0.15, -0.1) is 0 Å². The highest BCUT2D eigenvalue weighted by Gasteiger charge is 2.22. The first kappa shape index (κ1) is 15.6. The van der Waals surface area contributed by atoms with Crippen LogP contribution < -0.4 is 0 Å².